The number of rotatable bonds is 6. The van der Waals surface area contributed by atoms with Gasteiger partial charge in [-0.1, -0.05) is 12.1 Å². The van der Waals surface area contributed by atoms with Gasteiger partial charge in [-0.3, -0.25) is 4.79 Å². The third-order valence-corrected chi connectivity index (χ3v) is 4.52. The van der Waals surface area contributed by atoms with Gasteiger partial charge in [0.1, 0.15) is 0 Å². The van der Waals surface area contributed by atoms with E-state index in [1.165, 1.54) is 11.8 Å². The Balaban J connectivity index is 1.50. The van der Waals surface area contributed by atoms with Gasteiger partial charge in [-0.15, -0.1) is 11.8 Å². The van der Waals surface area contributed by atoms with Crippen LogP contribution >= 0.6 is 11.8 Å². The SMILES string of the molecule is O=C(CSCc1ccc(-n2cccn2)cc1)Nc1ccc(F)c(F)c1F. The van der Waals surface area contributed by atoms with Crippen LogP contribution < -0.4 is 5.32 Å². The van der Waals surface area contributed by atoms with E-state index in [-0.39, 0.29) is 11.4 Å². The third-order valence-electron chi connectivity index (χ3n) is 3.52. The first-order valence-electron chi connectivity index (χ1n) is 7.64. The van der Waals surface area contributed by atoms with Crippen LogP contribution in [0.5, 0.6) is 0 Å². The monoisotopic (exact) mass is 377 g/mol. The minimum atomic E-state index is -1.60. The number of carbonyl (C=O) groups excluding carboxylic acids is 1. The van der Waals surface area contributed by atoms with Crippen molar-refractivity contribution in [3.63, 3.8) is 0 Å². The lowest BCUT2D eigenvalue weighted by Gasteiger charge is -2.08. The van der Waals surface area contributed by atoms with Gasteiger partial charge in [0.2, 0.25) is 5.91 Å². The van der Waals surface area contributed by atoms with Crippen molar-refractivity contribution in [2.24, 2.45) is 0 Å². The quantitative estimate of drug-likeness (QED) is 0.656. The number of hydrogen-bond donors (Lipinski definition) is 1. The predicted molar refractivity (Wildman–Crippen MR) is 94.7 cm³/mol. The van der Waals surface area contributed by atoms with E-state index in [2.05, 4.69) is 10.4 Å². The Morgan fingerprint density at radius 3 is 2.54 bits per heavy atom. The molecule has 3 aromatic rings. The van der Waals surface area contributed by atoms with Crippen LogP contribution in [0.25, 0.3) is 5.69 Å². The van der Waals surface area contributed by atoms with Crippen LogP contribution in [-0.2, 0) is 10.5 Å². The van der Waals surface area contributed by atoms with Crippen LogP contribution in [0, 0.1) is 17.5 Å². The van der Waals surface area contributed by atoms with E-state index in [1.54, 1.807) is 10.9 Å². The topological polar surface area (TPSA) is 46.9 Å². The van der Waals surface area contributed by atoms with Crippen molar-refractivity contribution in [1.82, 2.24) is 9.78 Å². The summed E-state index contributed by atoms with van der Waals surface area (Å²) in [6, 6.07) is 11.3. The van der Waals surface area contributed by atoms with E-state index in [1.807, 2.05) is 36.5 Å². The standard InChI is InChI=1S/C18H14F3N3OS/c19-14-6-7-15(18(21)17(14)20)23-16(25)11-26-10-12-2-4-13(5-3-12)24-9-1-8-22-24/h1-9H,10-11H2,(H,23,25). The Bertz CT molecular complexity index is 899. The molecular weight excluding hydrogens is 363 g/mol. The molecule has 0 fully saturated rings. The highest BCUT2D eigenvalue weighted by Gasteiger charge is 2.15. The summed E-state index contributed by atoms with van der Waals surface area (Å²) in [6.45, 7) is 0. The van der Waals surface area contributed by atoms with Crippen LogP contribution in [0.4, 0.5) is 18.9 Å². The van der Waals surface area contributed by atoms with Crippen molar-refractivity contribution in [2.75, 3.05) is 11.1 Å². The molecule has 0 spiro atoms. The van der Waals surface area contributed by atoms with Gasteiger partial charge in [0.25, 0.3) is 0 Å². The van der Waals surface area contributed by atoms with Gasteiger partial charge in [0.05, 0.1) is 17.1 Å². The summed E-state index contributed by atoms with van der Waals surface area (Å²) < 4.78 is 41.3. The Labute approximate surface area is 152 Å². The first-order chi connectivity index (χ1) is 12.5. The Kier molecular flexibility index (Phi) is 5.62. The molecule has 3 rings (SSSR count). The fourth-order valence-corrected chi connectivity index (χ4v) is 3.02. The molecule has 0 atom stereocenters. The molecule has 0 aliphatic heterocycles. The lowest BCUT2D eigenvalue weighted by Crippen LogP contribution is -2.16. The summed E-state index contributed by atoms with van der Waals surface area (Å²) in [5, 5.41) is 6.38. The third kappa shape index (κ3) is 4.26. The lowest BCUT2D eigenvalue weighted by atomic mass is 10.2. The molecule has 0 saturated carbocycles. The second-order valence-corrected chi connectivity index (χ2v) is 6.37. The van der Waals surface area contributed by atoms with Crippen LogP contribution in [0.3, 0.4) is 0 Å². The molecule has 0 radical (unpaired) electrons. The Hall–Kier alpha value is -2.74. The lowest BCUT2D eigenvalue weighted by molar-refractivity contribution is -0.113. The Morgan fingerprint density at radius 2 is 1.85 bits per heavy atom. The zero-order chi connectivity index (χ0) is 18.5. The van der Waals surface area contributed by atoms with Crippen molar-refractivity contribution in [3.05, 3.63) is 77.9 Å². The van der Waals surface area contributed by atoms with Crippen molar-refractivity contribution >= 4 is 23.4 Å². The average Bonchev–Trinajstić information content (AvgIpc) is 3.17. The van der Waals surface area contributed by atoms with Crippen molar-refractivity contribution in [1.29, 1.82) is 0 Å². The molecule has 0 unspecified atom stereocenters. The molecule has 1 amide bonds. The molecule has 0 aliphatic carbocycles. The molecule has 4 nitrogen and oxygen atoms in total. The normalized spacial score (nSPS) is 10.7. The summed E-state index contributed by atoms with van der Waals surface area (Å²) in [5.41, 5.74) is 1.56. The maximum atomic E-state index is 13.5. The maximum Gasteiger partial charge on any atom is 0.234 e. The molecule has 1 heterocycles. The zero-order valence-electron chi connectivity index (χ0n) is 13.5. The summed E-state index contributed by atoms with van der Waals surface area (Å²) in [6.07, 6.45) is 3.53. The van der Waals surface area contributed by atoms with E-state index in [0.29, 0.717) is 5.75 Å². The van der Waals surface area contributed by atoms with Crippen LogP contribution in [-0.4, -0.2) is 21.4 Å². The first-order valence-corrected chi connectivity index (χ1v) is 8.80. The molecule has 8 heteroatoms. The molecule has 1 aromatic heterocycles. The number of hydrogen-bond acceptors (Lipinski definition) is 3. The summed E-state index contributed by atoms with van der Waals surface area (Å²) >= 11 is 1.33. The number of aromatic nitrogens is 2. The number of nitrogens with one attached hydrogen (secondary N) is 1. The summed E-state index contributed by atoms with van der Waals surface area (Å²) in [5.74, 6) is -4.17. The number of halogens is 3. The molecule has 1 N–H and O–H groups in total. The number of amides is 1. The summed E-state index contributed by atoms with van der Waals surface area (Å²) in [4.78, 5) is 11.8. The van der Waals surface area contributed by atoms with Gasteiger partial charge >= 0.3 is 0 Å². The van der Waals surface area contributed by atoms with Crippen LogP contribution in [0.1, 0.15) is 5.56 Å². The largest absolute Gasteiger partial charge is 0.323 e. The van der Waals surface area contributed by atoms with Crippen LogP contribution in [0.15, 0.2) is 54.9 Å². The predicted octanol–water partition coefficient (Wildman–Crippen LogP) is 4.16. The van der Waals surface area contributed by atoms with E-state index in [4.69, 9.17) is 0 Å². The first kappa shape index (κ1) is 18.1. The maximum absolute atomic E-state index is 13.5. The van der Waals surface area contributed by atoms with Crippen molar-refractivity contribution < 1.29 is 18.0 Å². The van der Waals surface area contributed by atoms with Crippen molar-refractivity contribution in [3.8, 4) is 5.69 Å². The van der Waals surface area contributed by atoms with Gasteiger partial charge in [0.15, 0.2) is 17.5 Å². The number of benzene rings is 2. The molecule has 0 saturated heterocycles. The fourth-order valence-electron chi connectivity index (χ4n) is 2.24. The van der Waals surface area contributed by atoms with E-state index in [9.17, 15) is 18.0 Å². The second-order valence-electron chi connectivity index (χ2n) is 5.38. The van der Waals surface area contributed by atoms with Gasteiger partial charge in [-0.05, 0) is 35.9 Å². The number of thioether (sulfide) groups is 1. The van der Waals surface area contributed by atoms with Gasteiger partial charge < -0.3 is 5.32 Å². The zero-order valence-corrected chi connectivity index (χ0v) is 14.3. The van der Waals surface area contributed by atoms with Crippen molar-refractivity contribution in [2.45, 2.75) is 5.75 Å². The Morgan fingerprint density at radius 1 is 1.08 bits per heavy atom. The van der Waals surface area contributed by atoms with Crippen LogP contribution in [0.2, 0.25) is 0 Å². The molecular formula is C18H14F3N3OS. The fraction of sp³-hybridized carbons (Fsp3) is 0.111. The highest BCUT2D eigenvalue weighted by Crippen LogP contribution is 2.20. The molecule has 0 aliphatic rings. The molecule has 0 bridgehead atoms. The highest BCUT2D eigenvalue weighted by molar-refractivity contribution is 7.99. The number of nitrogens with zero attached hydrogens (tertiary/aromatic N) is 2. The summed E-state index contributed by atoms with van der Waals surface area (Å²) in [7, 11) is 0. The minimum Gasteiger partial charge on any atom is -0.323 e. The smallest absolute Gasteiger partial charge is 0.234 e. The molecule has 134 valence electrons. The van der Waals surface area contributed by atoms with Gasteiger partial charge in [0, 0.05) is 18.1 Å². The molecule has 2 aromatic carbocycles. The van der Waals surface area contributed by atoms with E-state index < -0.39 is 23.4 Å². The number of carbonyl (C=O) groups is 1. The highest BCUT2D eigenvalue weighted by atomic mass is 32.2. The average molecular weight is 377 g/mol. The second kappa shape index (κ2) is 8.09. The number of anilines is 1. The van der Waals surface area contributed by atoms with E-state index in [0.717, 1.165) is 23.4 Å². The van der Waals surface area contributed by atoms with Gasteiger partial charge in [-0.2, -0.15) is 5.10 Å². The molecule has 26 heavy (non-hydrogen) atoms. The van der Waals surface area contributed by atoms with Gasteiger partial charge in [-0.25, -0.2) is 17.9 Å². The van der Waals surface area contributed by atoms with E-state index >= 15 is 0 Å². The minimum absolute atomic E-state index is 0.0549.